The summed E-state index contributed by atoms with van der Waals surface area (Å²) in [6, 6.07) is 4.65. The predicted molar refractivity (Wildman–Crippen MR) is 69.0 cm³/mol. The smallest absolute Gasteiger partial charge is 0.351 e. The van der Waals surface area contributed by atoms with Gasteiger partial charge in [-0.3, -0.25) is 9.78 Å². The van der Waals surface area contributed by atoms with Gasteiger partial charge in [0.05, 0.1) is 0 Å². The maximum absolute atomic E-state index is 11.8. The summed E-state index contributed by atoms with van der Waals surface area (Å²) in [6.07, 6.45) is 5.91. The lowest BCUT2D eigenvalue weighted by Crippen LogP contribution is -2.12. The maximum Gasteiger partial charge on any atom is 0.351 e. The molecule has 0 aliphatic rings. The number of aromatic nitrogens is 1. The van der Waals surface area contributed by atoms with Crippen LogP contribution in [0.1, 0.15) is 21.7 Å². The monoisotopic (exact) mass is 257 g/mol. The Morgan fingerprint density at radius 1 is 1.37 bits per heavy atom. The van der Waals surface area contributed by atoms with Crippen LogP contribution in [0.15, 0.2) is 45.9 Å². The van der Waals surface area contributed by atoms with E-state index >= 15 is 0 Å². The van der Waals surface area contributed by atoms with Gasteiger partial charge < -0.3 is 9.52 Å². The number of hydrogen-bond donors (Lipinski definition) is 1. The normalized spacial score (nSPS) is 10.8. The van der Waals surface area contributed by atoms with Crippen molar-refractivity contribution >= 4 is 11.9 Å². The second-order valence-corrected chi connectivity index (χ2v) is 3.88. The molecule has 0 aliphatic carbocycles. The lowest BCUT2D eigenvalue weighted by Gasteiger charge is -1.99. The minimum atomic E-state index is -0.845. The van der Waals surface area contributed by atoms with Gasteiger partial charge >= 0.3 is 5.63 Å². The zero-order valence-corrected chi connectivity index (χ0v) is 10.2. The molecule has 0 bridgehead atoms. The molecule has 5 nitrogen and oxygen atoms in total. The molecule has 0 aliphatic heterocycles. The molecule has 0 unspecified atom stereocenters. The van der Waals surface area contributed by atoms with Crippen molar-refractivity contribution in [1.82, 2.24) is 4.98 Å². The van der Waals surface area contributed by atoms with E-state index in [9.17, 15) is 14.7 Å². The van der Waals surface area contributed by atoms with Gasteiger partial charge in [-0.05, 0) is 30.7 Å². The van der Waals surface area contributed by atoms with Crippen molar-refractivity contribution in [1.29, 1.82) is 0 Å². The van der Waals surface area contributed by atoms with E-state index in [2.05, 4.69) is 4.98 Å². The number of pyridine rings is 1. The van der Waals surface area contributed by atoms with E-state index in [1.807, 2.05) is 0 Å². The van der Waals surface area contributed by atoms with Gasteiger partial charge in [-0.2, -0.15) is 0 Å². The van der Waals surface area contributed by atoms with Crippen LogP contribution in [-0.2, 0) is 0 Å². The summed E-state index contributed by atoms with van der Waals surface area (Å²) in [5, 5.41) is 9.62. The second kappa shape index (κ2) is 5.30. The van der Waals surface area contributed by atoms with Crippen molar-refractivity contribution < 1.29 is 14.3 Å². The number of rotatable bonds is 3. The number of ketones is 1. The van der Waals surface area contributed by atoms with Crippen LogP contribution in [0.4, 0.5) is 0 Å². The molecule has 0 spiro atoms. The van der Waals surface area contributed by atoms with Gasteiger partial charge in [-0.25, -0.2) is 4.79 Å². The highest BCUT2D eigenvalue weighted by Gasteiger charge is 2.15. The molecular formula is C14H11NO4. The van der Waals surface area contributed by atoms with Gasteiger partial charge in [0.2, 0.25) is 0 Å². The van der Waals surface area contributed by atoms with Crippen LogP contribution in [0.2, 0.25) is 0 Å². The summed E-state index contributed by atoms with van der Waals surface area (Å²) in [5.41, 5.74) is -0.447. The van der Waals surface area contributed by atoms with Crippen molar-refractivity contribution in [2.45, 2.75) is 6.92 Å². The number of carbonyl (C=O) groups is 1. The molecule has 1 N–H and O–H groups in total. The Morgan fingerprint density at radius 2 is 2.05 bits per heavy atom. The van der Waals surface area contributed by atoms with Crippen molar-refractivity contribution in [2.24, 2.45) is 0 Å². The molecule has 0 fully saturated rings. The molecule has 0 aromatic carbocycles. The Bertz CT molecular complexity index is 686. The fraction of sp³-hybridized carbons (Fsp3) is 0.0714. The number of allylic oxidation sites excluding steroid dienone is 1. The van der Waals surface area contributed by atoms with Crippen LogP contribution in [0.5, 0.6) is 5.75 Å². The number of carbonyl (C=O) groups excluding carboxylic acids is 1. The summed E-state index contributed by atoms with van der Waals surface area (Å²) in [7, 11) is 0. The Labute approximate surface area is 108 Å². The lowest BCUT2D eigenvalue weighted by atomic mass is 10.1. The number of nitrogens with zero attached hydrogens (tertiary/aromatic N) is 1. The van der Waals surface area contributed by atoms with Crippen LogP contribution in [-0.4, -0.2) is 15.9 Å². The molecule has 2 aromatic rings. The van der Waals surface area contributed by atoms with Crippen LogP contribution in [0.25, 0.3) is 6.08 Å². The topological polar surface area (TPSA) is 80.4 Å². The first-order valence-corrected chi connectivity index (χ1v) is 5.54. The van der Waals surface area contributed by atoms with E-state index in [4.69, 9.17) is 4.42 Å². The lowest BCUT2D eigenvalue weighted by molar-refractivity contribution is 0.104. The summed E-state index contributed by atoms with van der Waals surface area (Å²) in [5.74, 6) is -0.738. The first-order chi connectivity index (χ1) is 9.08. The minimum Gasteiger partial charge on any atom is -0.507 e. The van der Waals surface area contributed by atoms with E-state index < -0.39 is 11.4 Å². The third kappa shape index (κ3) is 2.95. The van der Waals surface area contributed by atoms with Crippen LogP contribution in [0, 0.1) is 6.92 Å². The van der Waals surface area contributed by atoms with Gasteiger partial charge in [0.1, 0.15) is 17.1 Å². The van der Waals surface area contributed by atoms with Crippen molar-refractivity contribution in [3.63, 3.8) is 0 Å². The Balaban J connectivity index is 2.31. The zero-order valence-electron chi connectivity index (χ0n) is 10.2. The molecule has 0 atom stereocenters. The van der Waals surface area contributed by atoms with E-state index in [1.54, 1.807) is 24.5 Å². The van der Waals surface area contributed by atoms with E-state index in [0.717, 1.165) is 5.56 Å². The summed E-state index contributed by atoms with van der Waals surface area (Å²) < 4.78 is 4.78. The van der Waals surface area contributed by atoms with Gasteiger partial charge in [-0.15, -0.1) is 0 Å². The molecule has 19 heavy (non-hydrogen) atoms. The Hall–Kier alpha value is -2.69. The fourth-order valence-electron chi connectivity index (χ4n) is 1.55. The van der Waals surface area contributed by atoms with Gasteiger partial charge in [0, 0.05) is 18.5 Å². The second-order valence-electron chi connectivity index (χ2n) is 3.88. The molecule has 5 heteroatoms. The highest BCUT2D eigenvalue weighted by Crippen LogP contribution is 2.15. The van der Waals surface area contributed by atoms with Gasteiger partial charge in [-0.1, -0.05) is 6.08 Å². The third-order valence-electron chi connectivity index (χ3n) is 2.43. The summed E-state index contributed by atoms with van der Waals surface area (Å²) >= 11 is 0. The maximum atomic E-state index is 11.8. The van der Waals surface area contributed by atoms with E-state index in [-0.39, 0.29) is 17.1 Å². The average Bonchev–Trinajstić information content (AvgIpc) is 2.36. The number of aryl methyl sites for hydroxylation is 1. The van der Waals surface area contributed by atoms with Crippen molar-refractivity contribution in [2.75, 3.05) is 0 Å². The first-order valence-electron chi connectivity index (χ1n) is 5.54. The fourth-order valence-corrected chi connectivity index (χ4v) is 1.55. The van der Waals surface area contributed by atoms with Crippen molar-refractivity contribution in [3.8, 4) is 5.75 Å². The SMILES string of the molecule is Cc1cc(O)c(C(=O)C=Cc2ccncc2)c(=O)o1. The van der Waals surface area contributed by atoms with E-state index in [0.29, 0.717) is 0 Å². The molecular weight excluding hydrogens is 246 g/mol. The summed E-state index contributed by atoms with van der Waals surface area (Å²) in [4.78, 5) is 27.2. The van der Waals surface area contributed by atoms with Crippen LogP contribution < -0.4 is 5.63 Å². The standard InChI is InChI=1S/C14H11NO4/c1-9-8-12(17)13(14(18)19-9)11(16)3-2-10-4-6-15-7-5-10/h2-8,17H,1H3. The Morgan fingerprint density at radius 3 is 2.68 bits per heavy atom. The zero-order chi connectivity index (χ0) is 13.8. The van der Waals surface area contributed by atoms with Gasteiger partial charge in [0.15, 0.2) is 5.78 Å². The largest absolute Gasteiger partial charge is 0.507 e. The summed E-state index contributed by atoms with van der Waals surface area (Å²) in [6.45, 7) is 1.52. The quantitative estimate of drug-likeness (QED) is 0.671. The first kappa shape index (κ1) is 12.8. The predicted octanol–water partition coefficient (Wildman–Crippen LogP) is 1.94. The minimum absolute atomic E-state index is 0.247. The number of hydrogen-bond acceptors (Lipinski definition) is 5. The van der Waals surface area contributed by atoms with Crippen LogP contribution >= 0.6 is 0 Å². The molecule has 2 rings (SSSR count). The van der Waals surface area contributed by atoms with Gasteiger partial charge in [0.25, 0.3) is 0 Å². The molecule has 96 valence electrons. The molecule has 2 aromatic heterocycles. The van der Waals surface area contributed by atoms with Crippen LogP contribution in [0.3, 0.4) is 0 Å². The average molecular weight is 257 g/mol. The molecule has 0 saturated carbocycles. The van der Waals surface area contributed by atoms with E-state index in [1.165, 1.54) is 25.1 Å². The molecule has 0 saturated heterocycles. The number of aromatic hydroxyl groups is 1. The Kier molecular flexibility index (Phi) is 3.56. The molecule has 2 heterocycles. The molecule has 0 radical (unpaired) electrons. The third-order valence-corrected chi connectivity index (χ3v) is 2.43. The highest BCUT2D eigenvalue weighted by atomic mass is 16.4. The highest BCUT2D eigenvalue weighted by molar-refractivity contribution is 6.08. The molecule has 0 amide bonds. The van der Waals surface area contributed by atoms with Crippen molar-refractivity contribution in [3.05, 3.63) is 64.0 Å².